The molecule has 1 atom stereocenters. The Balaban J connectivity index is 2.36. The smallest absolute Gasteiger partial charge is 0.204 e. The zero-order valence-corrected chi connectivity index (χ0v) is 13.1. The van der Waals surface area contributed by atoms with E-state index in [4.69, 9.17) is 4.74 Å². The minimum absolute atomic E-state index is 0.0328. The summed E-state index contributed by atoms with van der Waals surface area (Å²) in [7, 11) is 1.75. The maximum atomic E-state index is 5.88. The van der Waals surface area contributed by atoms with Gasteiger partial charge >= 0.3 is 0 Å². The molecule has 19 heavy (non-hydrogen) atoms. The Morgan fingerprint density at radius 3 is 2.42 bits per heavy atom. The number of alkyl halides is 1. The Morgan fingerprint density at radius 1 is 1.32 bits per heavy atom. The van der Waals surface area contributed by atoms with Crippen LogP contribution in [0.5, 0.6) is 5.75 Å². The molecule has 2 aromatic rings. The van der Waals surface area contributed by atoms with Gasteiger partial charge in [0, 0.05) is 5.56 Å². The zero-order valence-electron chi connectivity index (χ0n) is 11.5. The predicted octanol–water partition coefficient (Wildman–Crippen LogP) is 3.00. The summed E-state index contributed by atoms with van der Waals surface area (Å²) in [6.45, 7) is 6.12. The van der Waals surface area contributed by atoms with E-state index >= 15 is 0 Å². The second-order valence-electron chi connectivity index (χ2n) is 4.48. The molecule has 1 unspecified atom stereocenters. The summed E-state index contributed by atoms with van der Waals surface area (Å²) >= 11 is 3.49. The molecule has 0 saturated heterocycles. The van der Waals surface area contributed by atoms with E-state index in [1.165, 1.54) is 4.80 Å². The number of hydrogen-bond donors (Lipinski definition) is 0. The van der Waals surface area contributed by atoms with Gasteiger partial charge in [-0.25, -0.2) is 0 Å². The monoisotopic (exact) mass is 324 g/mol. The van der Waals surface area contributed by atoms with Crippen molar-refractivity contribution >= 4 is 15.9 Å². The molecule has 0 aliphatic heterocycles. The van der Waals surface area contributed by atoms with Crippen LogP contribution in [0.15, 0.2) is 12.1 Å². The van der Waals surface area contributed by atoms with Gasteiger partial charge in [-0.15, -0.1) is 10.2 Å². The summed E-state index contributed by atoms with van der Waals surface area (Å²) in [6.07, 6.45) is 0.909. The molecule has 0 saturated carbocycles. The fraction of sp³-hybridized carbons (Fsp3) is 0.462. The summed E-state index contributed by atoms with van der Waals surface area (Å²) in [4.78, 5) is 1.45. The summed E-state index contributed by atoms with van der Waals surface area (Å²) in [6, 6.07) is 4.05. The molecule has 0 N–H and O–H groups in total. The second-order valence-corrected chi connectivity index (χ2v) is 5.50. The van der Waals surface area contributed by atoms with Gasteiger partial charge < -0.3 is 4.74 Å². The van der Waals surface area contributed by atoms with Gasteiger partial charge in [0.05, 0.1) is 7.05 Å². The largest absolute Gasteiger partial charge is 0.479 e. The topological polar surface area (TPSA) is 52.8 Å². The van der Waals surface area contributed by atoms with Gasteiger partial charge in [0.2, 0.25) is 5.82 Å². The molecular formula is C13H17BrN4O. The first-order valence-electron chi connectivity index (χ1n) is 6.17. The molecule has 5 nitrogen and oxygen atoms in total. The highest BCUT2D eigenvalue weighted by atomic mass is 79.9. The molecule has 0 fully saturated rings. The highest BCUT2D eigenvalue weighted by molar-refractivity contribution is 9.09. The Hall–Kier alpha value is -1.43. The third-order valence-corrected chi connectivity index (χ3v) is 3.63. The van der Waals surface area contributed by atoms with Crippen molar-refractivity contribution in [2.24, 2.45) is 7.05 Å². The Bertz CT molecular complexity index is 559. The maximum absolute atomic E-state index is 5.88. The average molecular weight is 325 g/mol. The van der Waals surface area contributed by atoms with Crippen LogP contribution < -0.4 is 4.74 Å². The van der Waals surface area contributed by atoms with E-state index in [1.54, 1.807) is 7.05 Å². The molecule has 0 bridgehead atoms. The molecule has 1 aromatic carbocycles. The minimum Gasteiger partial charge on any atom is -0.479 e. The zero-order chi connectivity index (χ0) is 14.0. The lowest BCUT2D eigenvalue weighted by atomic mass is 10.1. The van der Waals surface area contributed by atoms with E-state index in [9.17, 15) is 0 Å². The van der Waals surface area contributed by atoms with Crippen LogP contribution in [-0.4, -0.2) is 25.2 Å². The first kappa shape index (κ1) is 14.0. The first-order valence-corrected chi connectivity index (χ1v) is 7.09. The van der Waals surface area contributed by atoms with Crippen LogP contribution in [0.25, 0.3) is 11.4 Å². The molecule has 6 heteroatoms. The van der Waals surface area contributed by atoms with Crippen LogP contribution in [0.3, 0.4) is 0 Å². The van der Waals surface area contributed by atoms with Gasteiger partial charge in [-0.05, 0) is 64.7 Å². The molecule has 0 aliphatic rings. The highest BCUT2D eigenvalue weighted by Crippen LogP contribution is 2.30. The van der Waals surface area contributed by atoms with Gasteiger partial charge in [-0.3, -0.25) is 0 Å². The predicted molar refractivity (Wildman–Crippen MR) is 77.3 cm³/mol. The summed E-state index contributed by atoms with van der Waals surface area (Å²) in [5.41, 5.74) is 3.10. The number of tetrazole rings is 1. The van der Waals surface area contributed by atoms with Crippen LogP contribution in [0, 0.1) is 13.8 Å². The number of aromatic nitrogens is 4. The summed E-state index contributed by atoms with van der Waals surface area (Å²) < 4.78 is 5.88. The lowest BCUT2D eigenvalue weighted by Gasteiger charge is -2.16. The van der Waals surface area contributed by atoms with Crippen LogP contribution >= 0.6 is 15.9 Å². The summed E-state index contributed by atoms with van der Waals surface area (Å²) in [5.74, 6) is 1.54. The van der Waals surface area contributed by atoms with Gasteiger partial charge in [0.25, 0.3) is 0 Å². The Morgan fingerprint density at radius 2 is 1.95 bits per heavy atom. The first-order chi connectivity index (χ1) is 9.01. The highest BCUT2D eigenvalue weighted by Gasteiger charge is 2.13. The second kappa shape index (κ2) is 5.69. The minimum atomic E-state index is 0.0328. The molecule has 1 aromatic heterocycles. The molecule has 0 aliphatic carbocycles. The fourth-order valence-corrected chi connectivity index (χ4v) is 2.06. The normalized spacial score (nSPS) is 12.5. The van der Waals surface area contributed by atoms with Gasteiger partial charge in [-0.1, -0.05) is 6.92 Å². The van der Waals surface area contributed by atoms with Crippen molar-refractivity contribution in [3.63, 3.8) is 0 Å². The van der Waals surface area contributed by atoms with Crippen molar-refractivity contribution in [2.75, 3.05) is 0 Å². The lowest BCUT2D eigenvalue weighted by Crippen LogP contribution is -2.08. The standard InChI is InChI=1S/C13H17BrN4O/c1-5-11(14)19-12-8(2)6-10(7-9(12)3)13-15-17-18(4)16-13/h6-7,11H,5H2,1-4H3. The molecule has 1 heterocycles. The van der Waals surface area contributed by atoms with Gasteiger partial charge in [-0.2, -0.15) is 4.80 Å². The van der Waals surface area contributed by atoms with Crippen LogP contribution in [0.1, 0.15) is 24.5 Å². The van der Waals surface area contributed by atoms with Crippen LogP contribution in [-0.2, 0) is 7.05 Å². The van der Waals surface area contributed by atoms with E-state index in [0.717, 1.165) is 28.9 Å². The van der Waals surface area contributed by atoms with Crippen LogP contribution in [0.4, 0.5) is 0 Å². The number of hydrogen-bond acceptors (Lipinski definition) is 4. The quantitative estimate of drug-likeness (QED) is 0.811. The number of benzene rings is 1. The number of rotatable bonds is 4. The lowest BCUT2D eigenvalue weighted by molar-refractivity contribution is 0.286. The number of aryl methyl sites for hydroxylation is 3. The number of nitrogens with zero attached hydrogens (tertiary/aromatic N) is 4. The molecule has 102 valence electrons. The van der Waals surface area contributed by atoms with Gasteiger partial charge in [0.15, 0.2) is 5.01 Å². The van der Waals surface area contributed by atoms with Crippen molar-refractivity contribution in [3.8, 4) is 17.1 Å². The third kappa shape index (κ3) is 3.12. The average Bonchev–Trinajstić information content (AvgIpc) is 2.80. The molecule has 0 spiro atoms. The van der Waals surface area contributed by atoms with E-state index in [0.29, 0.717) is 5.82 Å². The van der Waals surface area contributed by atoms with E-state index in [-0.39, 0.29) is 5.01 Å². The van der Waals surface area contributed by atoms with Crippen molar-refractivity contribution < 1.29 is 4.74 Å². The SMILES string of the molecule is CCC(Br)Oc1c(C)cc(-c2nnn(C)n2)cc1C. The molecule has 2 rings (SSSR count). The maximum Gasteiger partial charge on any atom is 0.204 e. The van der Waals surface area contributed by atoms with Crippen LogP contribution in [0.2, 0.25) is 0 Å². The van der Waals surface area contributed by atoms with Gasteiger partial charge in [0.1, 0.15) is 5.75 Å². The third-order valence-electron chi connectivity index (χ3n) is 2.79. The number of halogens is 1. The van der Waals surface area contributed by atoms with Crippen molar-refractivity contribution in [1.82, 2.24) is 20.2 Å². The van der Waals surface area contributed by atoms with E-state index < -0.39 is 0 Å². The molecular weight excluding hydrogens is 308 g/mol. The van der Waals surface area contributed by atoms with E-state index in [1.807, 2.05) is 26.0 Å². The molecule has 0 amide bonds. The van der Waals surface area contributed by atoms with Crippen molar-refractivity contribution in [2.45, 2.75) is 32.2 Å². The number of ether oxygens (including phenoxy) is 1. The summed E-state index contributed by atoms with van der Waals surface area (Å²) in [5, 5.41) is 12.1. The Kier molecular flexibility index (Phi) is 4.19. The van der Waals surface area contributed by atoms with Crippen molar-refractivity contribution in [1.29, 1.82) is 0 Å². The Labute approximate surface area is 121 Å². The fourth-order valence-electron chi connectivity index (χ4n) is 1.88. The van der Waals surface area contributed by atoms with Crippen molar-refractivity contribution in [3.05, 3.63) is 23.3 Å². The van der Waals surface area contributed by atoms with E-state index in [2.05, 4.69) is 38.3 Å². The molecule has 0 radical (unpaired) electrons.